The normalized spacial score (nSPS) is 16.7. The Balaban J connectivity index is 1.57. The monoisotopic (exact) mass is 634 g/mol. The summed E-state index contributed by atoms with van der Waals surface area (Å²) in [5.41, 5.74) is 2.73. The van der Waals surface area contributed by atoms with Crippen LogP contribution in [0.5, 0.6) is 0 Å². The van der Waals surface area contributed by atoms with Crippen molar-refractivity contribution in [3.63, 3.8) is 0 Å². The van der Waals surface area contributed by atoms with Gasteiger partial charge in [-0.1, -0.05) is 182 Å². The topological polar surface area (TPSA) is 58.9 Å². The van der Waals surface area contributed by atoms with E-state index in [-0.39, 0.29) is 0 Å². The van der Waals surface area contributed by atoms with E-state index in [1.807, 2.05) is 182 Å². The van der Waals surface area contributed by atoms with Crippen molar-refractivity contribution in [2.24, 2.45) is 9.98 Å². The first-order valence-electron chi connectivity index (χ1n) is 15.3. The standard InChI is InChI=1S/C40H32N2O2P2/c43-45(33-23-11-3-12-24-33,34-25-13-4-14-26-34)39-37(31-19-7-1-8-20-31)41-40(38(42-39)32-21-9-2-10-22-32)46(44,35-27-15-5-16-28-35)36-29-17-6-18-30-36/h1-30,39-40H. The van der Waals surface area contributed by atoms with Crippen molar-refractivity contribution < 1.29 is 9.13 Å². The van der Waals surface area contributed by atoms with Crippen LogP contribution in [0.25, 0.3) is 0 Å². The first-order chi connectivity index (χ1) is 22.6. The number of aliphatic imine (C=N–C) groups is 2. The molecule has 0 radical (unpaired) electrons. The number of nitrogens with zero attached hydrogens (tertiary/aromatic N) is 2. The van der Waals surface area contributed by atoms with Gasteiger partial charge in [0.15, 0.2) is 25.8 Å². The van der Waals surface area contributed by atoms with Crippen LogP contribution in [0.1, 0.15) is 11.1 Å². The van der Waals surface area contributed by atoms with Crippen molar-refractivity contribution in [3.05, 3.63) is 193 Å². The molecule has 7 rings (SSSR count). The van der Waals surface area contributed by atoms with Gasteiger partial charge in [-0.15, -0.1) is 0 Å². The first kappa shape index (κ1) is 29.8. The molecule has 0 amide bonds. The molecule has 0 saturated heterocycles. The molecule has 2 atom stereocenters. The van der Waals surface area contributed by atoms with Gasteiger partial charge in [-0.25, -0.2) is 0 Å². The van der Waals surface area contributed by atoms with E-state index in [4.69, 9.17) is 9.98 Å². The van der Waals surface area contributed by atoms with Crippen LogP contribution in [0.15, 0.2) is 192 Å². The molecule has 0 aliphatic carbocycles. The van der Waals surface area contributed by atoms with Gasteiger partial charge in [0, 0.05) is 21.2 Å². The number of hydrogen-bond donors (Lipinski definition) is 0. The van der Waals surface area contributed by atoms with Crippen LogP contribution < -0.4 is 21.2 Å². The van der Waals surface area contributed by atoms with E-state index < -0.39 is 25.8 Å². The highest BCUT2D eigenvalue weighted by Gasteiger charge is 2.48. The molecule has 0 spiro atoms. The second-order valence-corrected chi connectivity index (χ2v) is 16.8. The second kappa shape index (κ2) is 12.9. The van der Waals surface area contributed by atoms with E-state index in [0.29, 0.717) is 32.6 Å². The third kappa shape index (κ3) is 5.35. The van der Waals surface area contributed by atoms with E-state index in [1.54, 1.807) is 0 Å². The predicted octanol–water partition coefficient (Wildman–Crippen LogP) is 7.66. The molecule has 0 saturated carbocycles. The Bertz CT molecular complexity index is 1840. The number of hydrogen-bond acceptors (Lipinski definition) is 4. The lowest BCUT2D eigenvalue weighted by molar-refractivity contribution is 0.580. The number of rotatable bonds is 8. The molecule has 1 aliphatic heterocycles. The zero-order chi connectivity index (χ0) is 31.4. The quantitative estimate of drug-likeness (QED) is 0.162. The van der Waals surface area contributed by atoms with Crippen LogP contribution in [0.4, 0.5) is 0 Å². The highest BCUT2D eigenvalue weighted by Crippen LogP contribution is 2.56. The summed E-state index contributed by atoms with van der Waals surface area (Å²) in [5.74, 6) is -1.71. The highest BCUT2D eigenvalue weighted by atomic mass is 31.2. The van der Waals surface area contributed by atoms with Gasteiger partial charge in [0.25, 0.3) is 0 Å². The summed E-state index contributed by atoms with van der Waals surface area (Å²) in [6, 6.07) is 57.9. The molecule has 1 aliphatic rings. The van der Waals surface area contributed by atoms with Gasteiger partial charge < -0.3 is 9.13 Å². The summed E-state index contributed by atoms with van der Waals surface area (Å²) < 4.78 is 31.9. The van der Waals surface area contributed by atoms with Crippen LogP contribution in [-0.4, -0.2) is 23.0 Å². The molecule has 6 aromatic carbocycles. The Morgan fingerprint density at radius 1 is 0.326 bits per heavy atom. The summed E-state index contributed by atoms with van der Waals surface area (Å²) >= 11 is 0. The molecule has 224 valence electrons. The summed E-state index contributed by atoms with van der Waals surface area (Å²) in [5, 5.41) is 2.77. The Hall–Kier alpha value is -4.88. The van der Waals surface area contributed by atoms with E-state index in [0.717, 1.165) is 11.1 Å². The second-order valence-electron chi connectivity index (χ2n) is 11.2. The summed E-state index contributed by atoms with van der Waals surface area (Å²) in [6.07, 6.45) is 0. The first-order valence-corrected chi connectivity index (χ1v) is 18.8. The van der Waals surface area contributed by atoms with Gasteiger partial charge in [-0.05, 0) is 11.1 Å². The third-order valence-corrected chi connectivity index (χ3v) is 14.8. The molecule has 46 heavy (non-hydrogen) atoms. The zero-order valence-corrected chi connectivity index (χ0v) is 26.9. The molecule has 6 aromatic rings. The fraction of sp³-hybridized carbons (Fsp3) is 0.0500. The number of benzene rings is 6. The van der Waals surface area contributed by atoms with Crippen LogP contribution >= 0.6 is 14.3 Å². The molecular weight excluding hydrogens is 602 g/mol. The summed E-state index contributed by atoms with van der Waals surface area (Å²) in [4.78, 5) is 11.0. The summed E-state index contributed by atoms with van der Waals surface area (Å²) in [7, 11) is -7.02. The molecule has 2 unspecified atom stereocenters. The van der Waals surface area contributed by atoms with Gasteiger partial charge in [0.1, 0.15) is 0 Å². The Labute approximate surface area is 270 Å². The van der Waals surface area contributed by atoms with Crippen molar-refractivity contribution in [2.45, 2.75) is 11.6 Å². The van der Waals surface area contributed by atoms with Crippen molar-refractivity contribution in [1.29, 1.82) is 0 Å². The largest absolute Gasteiger partial charge is 0.311 e. The van der Waals surface area contributed by atoms with Crippen molar-refractivity contribution in [1.82, 2.24) is 0 Å². The van der Waals surface area contributed by atoms with Crippen LogP contribution in [0, 0.1) is 0 Å². The van der Waals surface area contributed by atoms with Gasteiger partial charge in [0.05, 0.1) is 11.4 Å². The van der Waals surface area contributed by atoms with Gasteiger partial charge in [0.2, 0.25) is 0 Å². The zero-order valence-electron chi connectivity index (χ0n) is 25.1. The van der Waals surface area contributed by atoms with E-state index >= 15 is 9.13 Å². The lowest BCUT2D eigenvalue weighted by Gasteiger charge is -2.36. The molecule has 0 fully saturated rings. The SMILES string of the molecule is O=P(c1ccccc1)(c1ccccc1)C1N=C(c2ccccc2)C(P(=O)(c2ccccc2)c2ccccc2)N=C1c1ccccc1. The Morgan fingerprint density at radius 3 is 0.783 bits per heavy atom. The van der Waals surface area contributed by atoms with Crippen molar-refractivity contribution in [3.8, 4) is 0 Å². The van der Waals surface area contributed by atoms with Gasteiger partial charge in [-0.3, -0.25) is 9.98 Å². The average molecular weight is 635 g/mol. The molecule has 0 bridgehead atoms. The molecule has 1 heterocycles. The molecule has 0 aromatic heterocycles. The van der Waals surface area contributed by atoms with Crippen LogP contribution in [0.3, 0.4) is 0 Å². The summed E-state index contributed by atoms with van der Waals surface area (Å²) in [6.45, 7) is 0. The van der Waals surface area contributed by atoms with Crippen molar-refractivity contribution >= 4 is 46.9 Å². The molecule has 4 nitrogen and oxygen atoms in total. The Kier molecular flexibility index (Phi) is 8.33. The molecule has 0 N–H and O–H groups in total. The Morgan fingerprint density at radius 2 is 0.543 bits per heavy atom. The molecular formula is C40H32N2O2P2. The minimum absolute atomic E-state index is 0.563. The van der Waals surface area contributed by atoms with Crippen LogP contribution in [0.2, 0.25) is 0 Å². The predicted molar refractivity (Wildman–Crippen MR) is 193 cm³/mol. The fourth-order valence-corrected chi connectivity index (χ4v) is 12.0. The fourth-order valence-electron chi connectivity index (χ4n) is 6.15. The third-order valence-electron chi connectivity index (χ3n) is 8.40. The van der Waals surface area contributed by atoms with E-state index in [9.17, 15) is 0 Å². The van der Waals surface area contributed by atoms with Gasteiger partial charge >= 0.3 is 0 Å². The molecule has 6 heteroatoms. The minimum Gasteiger partial charge on any atom is -0.311 e. The van der Waals surface area contributed by atoms with Crippen LogP contribution in [-0.2, 0) is 9.13 Å². The maximum absolute atomic E-state index is 16.0. The maximum Gasteiger partial charge on any atom is 0.172 e. The van der Waals surface area contributed by atoms with Crippen molar-refractivity contribution in [2.75, 3.05) is 0 Å². The average Bonchev–Trinajstić information content (AvgIpc) is 3.16. The lowest BCUT2D eigenvalue weighted by Crippen LogP contribution is -2.41. The smallest absolute Gasteiger partial charge is 0.172 e. The maximum atomic E-state index is 16.0. The highest BCUT2D eigenvalue weighted by molar-refractivity contribution is 7.81. The lowest BCUT2D eigenvalue weighted by atomic mass is 10.1. The minimum atomic E-state index is -3.51. The van der Waals surface area contributed by atoms with E-state index in [2.05, 4.69) is 0 Å². The van der Waals surface area contributed by atoms with Gasteiger partial charge in [-0.2, -0.15) is 0 Å². The van der Waals surface area contributed by atoms with E-state index in [1.165, 1.54) is 0 Å².